The lowest BCUT2D eigenvalue weighted by molar-refractivity contribution is -0.136. The van der Waals surface area contributed by atoms with E-state index in [9.17, 15) is 13.2 Å². The molecule has 27 heavy (non-hydrogen) atoms. The molecular formula is C21H41NO4S. The van der Waals surface area contributed by atoms with Crippen molar-refractivity contribution in [3.63, 3.8) is 0 Å². The summed E-state index contributed by atoms with van der Waals surface area (Å²) in [6.07, 6.45) is 4.14. The maximum Gasteiger partial charge on any atom is 0.303 e. The number of carbonyl (C=O) groups is 1. The number of aromatic amines is 1. The van der Waals surface area contributed by atoms with Crippen molar-refractivity contribution >= 4 is 26.7 Å². The van der Waals surface area contributed by atoms with Gasteiger partial charge < -0.3 is 10.1 Å². The maximum atomic E-state index is 10.2. The minimum atomic E-state index is -2.67. The summed E-state index contributed by atoms with van der Waals surface area (Å²) in [5, 5.41) is 9.00. The van der Waals surface area contributed by atoms with E-state index < -0.39 is 15.8 Å². The summed E-state index contributed by atoms with van der Waals surface area (Å²) in [6.45, 7) is 15.4. The molecule has 0 saturated heterocycles. The van der Waals surface area contributed by atoms with E-state index in [-0.39, 0.29) is 6.42 Å². The Kier molecular flexibility index (Phi) is 29.4. The highest BCUT2D eigenvalue weighted by Gasteiger charge is 1.95. The maximum absolute atomic E-state index is 10.2. The molecule has 0 aliphatic heterocycles. The minimum Gasteiger partial charge on any atom is -0.481 e. The average molecular weight is 404 g/mol. The van der Waals surface area contributed by atoms with Crippen LogP contribution in [-0.4, -0.2) is 36.5 Å². The van der Waals surface area contributed by atoms with Gasteiger partial charge in [-0.2, -0.15) is 0 Å². The number of H-pyrrole nitrogens is 1. The van der Waals surface area contributed by atoms with Gasteiger partial charge in [-0.05, 0) is 23.9 Å². The van der Waals surface area contributed by atoms with E-state index in [0.717, 1.165) is 6.42 Å². The molecule has 2 aromatic rings. The number of carboxylic acids is 1. The molecule has 0 saturated carbocycles. The number of hydrogen-bond acceptors (Lipinski definition) is 3. The number of carboxylic acid groups (broad SMARTS) is 1. The summed E-state index contributed by atoms with van der Waals surface area (Å²) in [5.41, 5.74) is 1.21. The van der Waals surface area contributed by atoms with Crippen molar-refractivity contribution in [2.24, 2.45) is 0 Å². The fourth-order valence-electron chi connectivity index (χ4n) is 1.37. The summed E-state index contributed by atoms with van der Waals surface area (Å²) < 4.78 is 20.5. The van der Waals surface area contributed by atoms with Crippen LogP contribution in [0.4, 0.5) is 0 Å². The molecule has 5 nitrogen and oxygen atoms in total. The zero-order chi connectivity index (χ0) is 22.3. The number of hydrogen-bond donors (Lipinski definition) is 2. The molecule has 0 aliphatic rings. The second-order valence-electron chi connectivity index (χ2n) is 4.44. The standard InChI is InChI=1S/C8H7N.C4H10O2S.C3H6O2.3C2H6/c1-2-4-8-7(3-1)5-6-9-8;1-3-4-7(2,5)6;1-2-3(4)5;3*1-2/h1-6,9H;3-4H2,1-2H3;2H2,1H3,(H,4,5);3*1-2H3. The van der Waals surface area contributed by atoms with Crippen molar-refractivity contribution in [2.75, 3.05) is 12.0 Å². The highest BCUT2D eigenvalue weighted by atomic mass is 32.2. The number of para-hydroxylation sites is 1. The predicted octanol–water partition coefficient (Wildman–Crippen LogP) is 6.17. The number of aromatic nitrogens is 1. The highest BCUT2D eigenvalue weighted by molar-refractivity contribution is 7.90. The molecule has 1 aromatic carbocycles. The molecule has 0 amide bonds. The van der Waals surface area contributed by atoms with Gasteiger partial charge in [0.2, 0.25) is 0 Å². The number of sulfone groups is 1. The van der Waals surface area contributed by atoms with Crippen LogP contribution in [-0.2, 0) is 14.6 Å². The first-order chi connectivity index (χ1) is 12.8. The Morgan fingerprint density at radius 3 is 1.70 bits per heavy atom. The van der Waals surface area contributed by atoms with Gasteiger partial charge in [-0.25, -0.2) is 8.42 Å². The quantitative estimate of drug-likeness (QED) is 0.641. The lowest BCUT2D eigenvalue weighted by Gasteiger charge is -1.87. The Hall–Kier alpha value is -1.82. The number of nitrogens with one attached hydrogen (secondary N) is 1. The largest absolute Gasteiger partial charge is 0.481 e. The van der Waals surface area contributed by atoms with E-state index in [4.69, 9.17) is 5.11 Å². The minimum absolute atomic E-state index is 0.222. The Morgan fingerprint density at radius 2 is 1.41 bits per heavy atom. The van der Waals surface area contributed by atoms with Gasteiger partial charge in [0.15, 0.2) is 0 Å². The topological polar surface area (TPSA) is 87.2 Å². The predicted molar refractivity (Wildman–Crippen MR) is 120 cm³/mol. The Labute approximate surface area is 167 Å². The Morgan fingerprint density at radius 1 is 0.963 bits per heavy atom. The summed E-state index contributed by atoms with van der Waals surface area (Å²) >= 11 is 0. The van der Waals surface area contributed by atoms with Gasteiger partial charge in [0.1, 0.15) is 9.84 Å². The second-order valence-corrected chi connectivity index (χ2v) is 6.70. The van der Waals surface area contributed by atoms with Crippen molar-refractivity contribution in [2.45, 2.75) is 68.2 Å². The third kappa shape index (κ3) is 26.5. The van der Waals surface area contributed by atoms with Crippen LogP contribution >= 0.6 is 0 Å². The molecule has 0 radical (unpaired) electrons. The van der Waals surface area contributed by atoms with Crippen molar-refractivity contribution in [1.29, 1.82) is 0 Å². The molecule has 0 spiro atoms. The lowest BCUT2D eigenvalue weighted by atomic mass is 10.3. The fourth-order valence-corrected chi connectivity index (χ4v) is 2.11. The first kappa shape index (κ1) is 32.8. The van der Waals surface area contributed by atoms with Crippen LogP contribution in [0.3, 0.4) is 0 Å². The Balaban J connectivity index is -0.000000133. The van der Waals surface area contributed by atoms with Gasteiger partial charge in [0, 0.05) is 30.1 Å². The van der Waals surface area contributed by atoms with E-state index in [2.05, 4.69) is 23.2 Å². The van der Waals surface area contributed by atoms with Gasteiger partial charge in [-0.15, -0.1) is 0 Å². The van der Waals surface area contributed by atoms with Crippen molar-refractivity contribution in [3.8, 4) is 0 Å². The lowest BCUT2D eigenvalue weighted by Crippen LogP contribution is -2.00. The van der Waals surface area contributed by atoms with Gasteiger partial charge in [0.05, 0.1) is 0 Å². The highest BCUT2D eigenvalue weighted by Crippen LogP contribution is 2.09. The van der Waals surface area contributed by atoms with Crippen molar-refractivity contribution in [3.05, 3.63) is 36.5 Å². The van der Waals surface area contributed by atoms with E-state index in [0.29, 0.717) is 5.75 Å². The molecule has 0 unspecified atom stereocenters. The zero-order valence-corrected chi connectivity index (χ0v) is 19.5. The van der Waals surface area contributed by atoms with Crippen LogP contribution < -0.4 is 0 Å². The average Bonchev–Trinajstić information content (AvgIpc) is 3.15. The third-order valence-corrected chi connectivity index (χ3v) is 3.49. The normalized spacial score (nSPS) is 8.48. The van der Waals surface area contributed by atoms with Gasteiger partial charge in [-0.3, -0.25) is 4.79 Å². The Bertz CT molecular complexity index is 604. The molecule has 1 heterocycles. The van der Waals surface area contributed by atoms with Crippen LogP contribution in [0.1, 0.15) is 68.2 Å². The van der Waals surface area contributed by atoms with Gasteiger partial charge in [-0.1, -0.05) is 73.6 Å². The fraction of sp³-hybridized carbons (Fsp3) is 0.571. The number of benzene rings is 1. The monoisotopic (exact) mass is 403 g/mol. The zero-order valence-electron chi connectivity index (χ0n) is 18.7. The van der Waals surface area contributed by atoms with E-state index in [1.807, 2.05) is 66.8 Å². The van der Waals surface area contributed by atoms with Gasteiger partial charge >= 0.3 is 5.97 Å². The van der Waals surface area contributed by atoms with Crippen LogP contribution in [0, 0.1) is 0 Å². The molecule has 6 heteroatoms. The van der Waals surface area contributed by atoms with Crippen LogP contribution in [0.5, 0.6) is 0 Å². The molecule has 0 atom stereocenters. The van der Waals surface area contributed by atoms with E-state index in [1.165, 1.54) is 17.2 Å². The molecule has 160 valence electrons. The molecule has 0 bridgehead atoms. The van der Waals surface area contributed by atoms with Crippen molar-refractivity contribution in [1.82, 2.24) is 4.98 Å². The van der Waals surface area contributed by atoms with E-state index in [1.54, 1.807) is 6.92 Å². The SMILES string of the molecule is CC.CC.CC.CCC(=O)O.CCCS(C)(=O)=O.c1ccc2[nH]ccc2c1. The molecule has 1 aromatic heterocycles. The summed E-state index contributed by atoms with van der Waals surface area (Å²) in [6, 6.07) is 10.3. The molecule has 0 aliphatic carbocycles. The smallest absolute Gasteiger partial charge is 0.303 e. The van der Waals surface area contributed by atoms with Crippen LogP contribution in [0.2, 0.25) is 0 Å². The number of aliphatic carboxylic acids is 1. The van der Waals surface area contributed by atoms with Gasteiger partial charge in [0.25, 0.3) is 0 Å². The molecule has 2 N–H and O–H groups in total. The van der Waals surface area contributed by atoms with E-state index >= 15 is 0 Å². The van der Waals surface area contributed by atoms with Crippen LogP contribution in [0.25, 0.3) is 10.9 Å². The third-order valence-electron chi connectivity index (χ3n) is 2.34. The number of fused-ring (bicyclic) bond motifs is 1. The summed E-state index contributed by atoms with van der Waals surface area (Å²) in [7, 11) is -2.67. The van der Waals surface area contributed by atoms with Crippen molar-refractivity contribution < 1.29 is 18.3 Å². The second kappa shape index (κ2) is 24.2. The molecule has 2 rings (SSSR count). The van der Waals surface area contributed by atoms with Crippen LogP contribution in [0.15, 0.2) is 36.5 Å². The number of rotatable bonds is 3. The first-order valence-corrected chi connectivity index (χ1v) is 11.8. The summed E-state index contributed by atoms with van der Waals surface area (Å²) in [4.78, 5) is 12.5. The molecular weight excluding hydrogens is 362 g/mol. The molecule has 0 fully saturated rings. The first-order valence-electron chi connectivity index (χ1n) is 9.71. The summed E-state index contributed by atoms with van der Waals surface area (Å²) in [5.74, 6) is -0.433.